The van der Waals surface area contributed by atoms with Crippen LogP contribution in [0.5, 0.6) is 0 Å². The second kappa shape index (κ2) is 8.85. The lowest BCUT2D eigenvalue weighted by Gasteiger charge is -2.12. The topological polar surface area (TPSA) is 122 Å². The average molecular weight is 416 g/mol. The van der Waals surface area contributed by atoms with E-state index in [-0.39, 0.29) is 0 Å². The highest BCUT2D eigenvalue weighted by molar-refractivity contribution is 6.58. The fourth-order valence-corrected chi connectivity index (χ4v) is 3.66. The van der Waals surface area contributed by atoms with Gasteiger partial charge in [0, 0.05) is 30.6 Å². The first kappa shape index (κ1) is 21.0. The van der Waals surface area contributed by atoms with Gasteiger partial charge in [0.1, 0.15) is 5.82 Å². The summed E-state index contributed by atoms with van der Waals surface area (Å²) in [6, 6.07) is 15.2. The van der Waals surface area contributed by atoms with Gasteiger partial charge in [0.2, 0.25) is 11.9 Å². The number of hydrogen-bond donors (Lipinski definition) is 4. The van der Waals surface area contributed by atoms with E-state index in [2.05, 4.69) is 26.3 Å². The Kier molecular flexibility index (Phi) is 5.99. The van der Waals surface area contributed by atoms with E-state index >= 15 is 0 Å². The van der Waals surface area contributed by atoms with Crippen LogP contribution in [0.15, 0.2) is 48.5 Å². The molecular formula is C22H25BN6O2. The SMILES string of the molecule is CCc1nc(NCc2cccc(B(O)O)c2)nc(-n2c(C)cc3c(CN)cccc32)n1. The van der Waals surface area contributed by atoms with E-state index in [1.807, 2.05) is 42.7 Å². The molecule has 4 aromatic rings. The molecule has 0 bridgehead atoms. The van der Waals surface area contributed by atoms with Crippen LogP contribution in [0.2, 0.25) is 0 Å². The Balaban J connectivity index is 1.70. The van der Waals surface area contributed by atoms with Crippen molar-refractivity contribution in [2.24, 2.45) is 5.73 Å². The van der Waals surface area contributed by atoms with Gasteiger partial charge in [0.05, 0.1) is 5.52 Å². The maximum absolute atomic E-state index is 9.39. The first-order valence-corrected chi connectivity index (χ1v) is 10.2. The zero-order valence-corrected chi connectivity index (χ0v) is 17.6. The van der Waals surface area contributed by atoms with E-state index in [4.69, 9.17) is 5.73 Å². The molecule has 0 radical (unpaired) electrons. The van der Waals surface area contributed by atoms with Gasteiger partial charge < -0.3 is 21.1 Å². The minimum absolute atomic E-state index is 0.440. The van der Waals surface area contributed by atoms with Gasteiger partial charge in [0.25, 0.3) is 0 Å². The van der Waals surface area contributed by atoms with Gasteiger partial charge in [-0.05, 0) is 35.6 Å². The zero-order valence-electron chi connectivity index (χ0n) is 17.6. The molecule has 8 nitrogen and oxygen atoms in total. The molecule has 0 aliphatic carbocycles. The fourth-order valence-electron chi connectivity index (χ4n) is 3.66. The van der Waals surface area contributed by atoms with Crippen LogP contribution in [0, 0.1) is 6.92 Å². The van der Waals surface area contributed by atoms with Crippen LogP contribution in [0.1, 0.15) is 29.6 Å². The number of nitrogens with two attached hydrogens (primary N) is 1. The lowest BCUT2D eigenvalue weighted by Crippen LogP contribution is -2.30. The molecule has 2 aromatic heterocycles. The van der Waals surface area contributed by atoms with Crippen molar-refractivity contribution < 1.29 is 10.0 Å². The van der Waals surface area contributed by atoms with Crippen LogP contribution in [0.25, 0.3) is 16.9 Å². The molecule has 158 valence electrons. The Bertz CT molecular complexity index is 1220. The Labute approximate surface area is 181 Å². The van der Waals surface area contributed by atoms with Gasteiger partial charge in [-0.15, -0.1) is 0 Å². The first-order valence-electron chi connectivity index (χ1n) is 10.2. The smallest absolute Gasteiger partial charge is 0.423 e. The average Bonchev–Trinajstić information content (AvgIpc) is 3.13. The summed E-state index contributed by atoms with van der Waals surface area (Å²) < 4.78 is 2.02. The van der Waals surface area contributed by atoms with Crippen molar-refractivity contribution in [2.45, 2.75) is 33.4 Å². The summed E-state index contributed by atoms with van der Waals surface area (Å²) in [5.41, 5.74) is 10.3. The molecule has 0 unspecified atom stereocenters. The van der Waals surface area contributed by atoms with Gasteiger partial charge in [-0.1, -0.05) is 43.3 Å². The largest absolute Gasteiger partial charge is 0.488 e. The molecule has 4 rings (SSSR count). The van der Waals surface area contributed by atoms with Crippen molar-refractivity contribution in [3.63, 3.8) is 0 Å². The van der Waals surface area contributed by atoms with Crippen LogP contribution < -0.4 is 16.5 Å². The molecule has 2 aromatic carbocycles. The standard InChI is InChI=1S/C22H25BN6O2/c1-3-20-26-21(25-13-15-6-4-8-17(11-15)23(30)31)28-22(27-20)29-14(2)10-18-16(12-24)7-5-9-19(18)29/h4-11,30-31H,3,12-13,24H2,1-2H3,(H,25,26,27,28). The molecule has 9 heteroatoms. The summed E-state index contributed by atoms with van der Waals surface area (Å²) in [6.45, 7) is 4.93. The van der Waals surface area contributed by atoms with E-state index < -0.39 is 7.12 Å². The summed E-state index contributed by atoms with van der Waals surface area (Å²) in [6.07, 6.45) is 0.669. The van der Waals surface area contributed by atoms with Crippen molar-refractivity contribution in [1.29, 1.82) is 0 Å². The minimum atomic E-state index is -1.50. The quantitative estimate of drug-likeness (QED) is 0.336. The number of nitrogens with zero attached hydrogens (tertiary/aromatic N) is 4. The molecular weight excluding hydrogens is 391 g/mol. The number of aromatic nitrogens is 4. The number of anilines is 1. The third-order valence-electron chi connectivity index (χ3n) is 5.23. The number of fused-ring (bicyclic) bond motifs is 1. The lowest BCUT2D eigenvalue weighted by molar-refractivity contribution is 0.425. The second-order valence-corrected chi connectivity index (χ2v) is 7.38. The van der Waals surface area contributed by atoms with Crippen molar-refractivity contribution in [1.82, 2.24) is 19.5 Å². The summed E-state index contributed by atoms with van der Waals surface area (Å²) >= 11 is 0. The highest BCUT2D eigenvalue weighted by Crippen LogP contribution is 2.25. The van der Waals surface area contributed by atoms with Crippen LogP contribution in [-0.2, 0) is 19.5 Å². The van der Waals surface area contributed by atoms with Crippen molar-refractivity contribution >= 4 is 29.4 Å². The van der Waals surface area contributed by atoms with E-state index in [1.165, 1.54) is 0 Å². The third kappa shape index (κ3) is 4.29. The first-order chi connectivity index (χ1) is 15.0. The number of benzene rings is 2. The molecule has 0 aliphatic rings. The Morgan fingerprint density at radius 2 is 1.87 bits per heavy atom. The zero-order chi connectivity index (χ0) is 22.0. The van der Waals surface area contributed by atoms with Crippen molar-refractivity contribution in [3.8, 4) is 5.95 Å². The second-order valence-electron chi connectivity index (χ2n) is 7.38. The normalized spacial score (nSPS) is 11.1. The molecule has 0 amide bonds. The lowest BCUT2D eigenvalue weighted by atomic mass is 9.80. The molecule has 0 fully saturated rings. The van der Waals surface area contributed by atoms with Gasteiger partial charge in [-0.25, -0.2) is 0 Å². The summed E-state index contributed by atoms with van der Waals surface area (Å²) in [4.78, 5) is 13.8. The summed E-state index contributed by atoms with van der Waals surface area (Å²) in [5.74, 6) is 1.70. The van der Waals surface area contributed by atoms with Crippen LogP contribution in [0.4, 0.5) is 5.95 Å². The fraction of sp³-hybridized carbons (Fsp3) is 0.227. The van der Waals surface area contributed by atoms with E-state index in [0.717, 1.165) is 27.7 Å². The molecule has 0 spiro atoms. The van der Waals surface area contributed by atoms with Crippen LogP contribution in [0.3, 0.4) is 0 Å². The molecule has 0 saturated heterocycles. The predicted molar refractivity (Wildman–Crippen MR) is 122 cm³/mol. The van der Waals surface area contributed by atoms with Crippen LogP contribution in [-0.4, -0.2) is 36.7 Å². The number of rotatable bonds is 7. The molecule has 0 saturated carbocycles. The summed E-state index contributed by atoms with van der Waals surface area (Å²) in [7, 11) is -1.50. The third-order valence-corrected chi connectivity index (χ3v) is 5.23. The predicted octanol–water partition coefficient (Wildman–Crippen LogP) is 1.44. The molecule has 5 N–H and O–H groups in total. The highest BCUT2D eigenvalue weighted by atomic mass is 16.4. The van der Waals surface area contributed by atoms with Gasteiger partial charge in [-0.3, -0.25) is 4.57 Å². The maximum Gasteiger partial charge on any atom is 0.488 e. The van der Waals surface area contributed by atoms with Gasteiger partial charge >= 0.3 is 7.12 Å². The Morgan fingerprint density at radius 3 is 2.61 bits per heavy atom. The van der Waals surface area contributed by atoms with Gasteiger partial charge in [-0.2, -0.15) is 15.0 Å². The highest BCUT2D eigenvalue weighted by Gasteiger charge is 2.15. The molecule has 2 heterocycles. The van der Waals surface area contributed by atoms with Gasteiger partial charge in [0.15, 0.2) is 0 Å². The maximum atomic E-state index is 9.39. The monoisotopic (exact) mass is 416 g/mol. The molecule has 0 atom stereocenters. The Hall–Kier alpha value is -3.27. The number of aryl methyl sites for hydroxylation is 2. The van der Waals surface area contributed by atoms with Crippen molar-refractivity contribution in [2.75, 3.05) is 5.32 Å². The molecule has 31 heavy (non-hydrogen) atoms. The van der Waals surface area contributed by atoms with E-state index in [9.17, 15) is 10.0 Å². The molecule has 0 aliphatic heterocycles. The number of nitrogens with one attached hydrogen (secondary N) is 1. The Morgan fingerprint density at radius 1 is 1.06 bits per heavy atom. The number of hydrogen-bond acceptors (Lipinski definition) is 7. The van der Waals surface area contributed by atoms with Crippen LogP contribution >= 0.6 is 0 Å². The van der Waals surface area contributed by atoms with E-state index in [0.29, 0.717) is 42.7 Å². The van der Waals surface area contributed by atoms with E-state index in [1.54, 1.807) is 18.2 Å². The summed E-state index contributed by atoms with van der Waals surface area (Å²) in [5, 5.41) is 23.1. The van der Waals surface area contributed by atoms with Crippen molar-refractivity contribution in [3.05, 3.63) is 71.2 Å². The minimum Gasteiger partial charge on any atom is -0.423 e.